The van der Waals surface area contributed by atoms with Crippen molar-refractivity contribution in [2.24, 2.45) is 5.73 Å². The average Bonchev–Trinajstić information content (AvgIpc) is 3.83. The number of H-pyrrole nitrogens is 1. The number of carbonyl (C=O) groups excluding carboxylic acids is 4. The lowest BCUT2D eigenvalue weighted by Crippen LogP contribution is -2.49. The van der Waals surface area contributed by atoms with E-state index in [0.29, 0.717) is 42.3 Å². The highest BCUT2D eigenvalue weighted by molar-refractivity contribution is 7.97. The molecule has 2 fully saturated rings. The highest BCUT2D eigenvalue weighted by Gasteiger charge is 2.35. The number of hydrogen-bond donors (Lipinski definition) is 6. The molecule has 2 aliphatic rings. The minimum atomic E-state index is -0.416. The summed E-state index contributed by atoms with van der Waals surface area (Å²) in [7, 11) is 5.57. The summed E-state index contributed by atoms with van der Waals surface area (Å²) >= 11 is 8.49. The monoisotopic (exact) mass is 1040 g/mol. The first kappa shape index (κ1) is 59.4. The fourth-order valence-corrected chi connectivity index (χ4v) is 10.9. The van der Waals surface area contributed by atoms with E-state index in [-0.39, 0.29) is 40.8 Å². The molecular weight excluding hydrogens is 964 g/mol. The number of hydrogen-bond acceptors (Lipinski definition) is 14. The van der Waals surface area contributed by atoms with E-state index < -0.39 is 6.04 Å². The van der Waals surface area contributed by atoms with E-state index in [2.05, 4.69) is 70.0 Å². The molecule has 2 saturated heterocycles. The van der Waals surface area contributed by atoms with Gasteiger partial charge in [-0.15, -0.1) is 6.58 Å². The zero-order chi connectivity index (χ0) is 53.8. The lowest BCUT2D eigenvalue weighted by molar-refractivity contribution is -0.122. The number of imidazole rings is 1. The number of piperidine rings is 2. The lowest BCUT2D eigenvalue weighted by atomic mass is 9.85. The van der Waals surface area contributed by atoms with Gasteiger partial charge < -0.3 is 46.1 Å². The molecule has 2 aliphatic heterocycles. The molecule has 3 heterocycles. The number of aromatic amines is 1. The van der Waals surface area contributed by atoms with Gasteiger partial charge in [0.2, 0.25) is 11.9 Å². The van der Waals surface area contributed by atoms with E-state index in [0.717, 1.165) is 121 Å². The van der Waals surface area contributed by atoms with Crippen LogP contribution in [0.4, 0.5) is 17.3 Å². The van der Waals surface area contributed by atoms with Gasteiger partial charge in [0.25, 0.3) is 0 Å². The summed E-state index contributed by atoms with van der Waals surface area (Å²) in [5.41, 5.74) is 12.5. The zero-order valence-corrected chi connectivity index (χ0v) is 45.2. The van der Waals surface area contributed by atoms with Gasteiger partial charge in [-0.3, -0.25) is 19.2 Å². The number of fused-ring (bicyclic) bond motifs is 1. The fourth-order valence-electron chi connectivity index (χ4n) is 9.51. The second-order valence-corrected chi connectivity index (χ2v) is 19.8. The van der Waals surface area contributed by atoms with Gasteiger partial charge in [0.1, 0.15) is 24.7 Å². The van der Waals surface area contributed by atoms with Crippen molar-refractivity contribution in [3.63, 3.8) is 0 Å². The normalized spacial score (nSPS) is 17.4. The lowest BCUT2D eigenvalue weighted by Gasteiger charge is -2.45. The Hall–Kier alpha value is -6.17. The fraction of sp³-hybridized carbons (Fsp3) is 0.411. The van der Waals surface area contributed by atoms with Crippen LogP contribution in [0.2, 0.25) is 0 Å². The summed E-state index contributed by atoms with van der Waals surface area (Å²) in [6.07, 6.45) is 12.5. The number of aliphatic hydroxyl groups excluding tert-OH is 2. The summed E-state index contributed by atoms with van der Waals surface area (Å²) in [5.74, 6) is 1.85. The predicted octanol–water partition coefficient (Wildman–Crippen LogP) is 7.19. The molecule has 1 aromatic heterocycles. The van der Waals surface area contributed by atoms with Crippen LogP contribution in [-0.4, -0.2) is 127 Å². The van der Waals surface area contributed by atoms with Crippen molar-refractivity contribution in [3.8, 4) is 0 Å². The number of anilines is 3. The third-order valence-electron chi connectivity index (χ3n) is 13.3. The molecule has 0 saturated carbocycles. The second-order valence-electron chi connectivity index (χ2n) is 18.4. The van der Waals surface area contributed by atoms with E-state index in [9.17, 15) is 19.2 Å². The highest BCUT2D eigenvalue weighted by atomic mass is 35.5. The van der Waals surface area contributed by atoms with Crippen molar-refractivity contribution in [1.82, 2.24) is 19.6 Å². The molecule has 0 radical (unpaired) electrons. The van der Waals surface area contributed by atoms with Crippen molar-refractivity contribution in [2.45, 2.75) is 89.8 Å². The van der Waals surface area contributed by atoms with E-state index in [1.54, 1.807) is 32.1 Å². The first-order valence-corrected chi connectivity index (χ1v) is 25.7. The van der Waals surface area contributed by atoms with Gasteiger partial charge >= 0.3 is 0 Å². The first-order chi connectivity index (χ1) is 35.2. The van der Waals surface area contributed by atoms with Crippen molar-refractivity contribution in [3.05, 3.63) is 123 Å². The minimum absolute atomic E-state index is 0.0785. The third kappa shape index (κ3) is 15.0. The maximum Gasteiger partial charge on any atom is 0.242 e. The highest BCUT2D eigenvalue weighted by Crippen LogP contribution is 2.40. The number of aromatic nitrogens is 2. The van der Waals surface area contributed by atoms with E-state index in [4.69, 9.17) is 37.3 Å². The Morgan fingerprint density at radius 2 is 1.78 bits per heavy atom. The Labute approximate surface area is 440 Å². The summed E-state index contributed by atoms with van der Waals surface area (Å²) < 4.78 is 7.97. The molecule has 3 aromatic carbocycles. The Bertz CT molecular complexity index is 2750. The molecule has 394 valence electrons. The number of benzene rings is 3. The number of aliphatic hydroxyl groups is 2. The zero-order valence-electron chi connectivity index (χ0n) is 43.7. The molecule has 7 N–H and O–H groups in total. The third-order valence-corrected chi connectivity index (χ3v) is 15.2. The van der Waals surface area contributed by atoms with Crippen LogP contribution < -0.4 is 36.9 Å². The number of rotatable bonds is 21. The number of carbonyl (C=O) groups is 4. The standard InChI is InChI=1S/C54H67ClN8O5S.2CH4O/c1-9-10-17-48(52(67)57-7)61(8)47-19-18-43(44-16-12-14-40(33-66)49(44)47)38-20-23-62(24-21-38)53-59-45(46(31-56)60-53)28-35(2)34-69-63-25-22-42(30-54(63,5)6)58-41-15-11-13-39(29-41)37(4)50(55)51(36(3)32-65)68-27-26-64;2*1-2/h9,11-16,18-19,26,28-29,31-33,38,42,48,58H,1-2,10,17,20-25,27,30,34,56H2,3-8H3,(H,57,67)(H,59,60);2*2H,1H3/b45-28+,46-31+,50-37-,51-36-;;. The van der Waals surface area contributed by atoms with Gasteiger partial charge in [-0.1, -0.05) is 72.6 Å². The van der Waals surface area contributed by atoms with Crippen LogP contribution in [0.15, 0.2) is 95.8 Å². The van der Waals surface area contributed by atoms with Crippen molar-refractivity contribution < 1.29 is 34.1 Å². The van der Waals surface area contributed by atoms with Crippen molar-refractivity contribution in [1.29, 1.82) is 0 Å². The Morgan fingerprint density at radius 3 is 2.41 bits per heavy atom. The van der Waals surface area contributed by atoms with Gasteiger partial charge in [0.05, 0.1) is 15.7 Å². The van der Waals surface area contributed by atoms with Crippen molar-refractivity contribution >= 4 is 94.3 Å². The second kappa shape index (κ2) is 28.9. The molecule has 0 aliphatic carbocycles. The number of amides is 1. The van der Waals surface area contributed by atoms with Crippen LogP contribution in [0.1, 0.15) is 93.6 Å². The summed E-state index contributed by atoms with van der Waals surface area (Å²) in [5, 5.41) is 24.2. The SMILES string of the molecule is C=CCCC(C(=O)NC)N(C)c1ccc(C2CCN(c3nc(=C/C(=C)CSN4CCC(Nc5cccc(/C(C)=C(Cl)/C(OCC=O)=C(\C)C=O)c5)CC4(C)C)/c(=C\N)[nH]3)CC2)c2cccc(C=O)c12.CO.CO. The number of allylic oxidation sites excluding steroid dienone is 4. The maximum absolute atomic E-state index is 13.0. The van der Waals surface area contributed by atoms with Crippen molar-refractivity contribution in [2.75, 3.05) is 75.4 Å². The molecule has 0 spiro atoms. The quantitative estimate of drug-likeness (QED) is 0.0122. The molecule has 15 nitrogen and oxygen atoms in total. The van der Waals surface area contributed by atoms with Crippen LogP contribution >= 0.6 is 23.5 Å². The van der Waals surface area contributed by atoms with Gasteiger partial charge in [-0.2, -0.15) is 0 Å². The molecular formula is C56H75ClN8O7S. The Balaban J connectivity index is 0.00000282. The molecule has 73 heavy (non-hydrogen) atoms. The molecule has 4 aromatic rings. The van der Waals surface area contributed by atoms with Crippen LogP contribution in [0.25, 0.3) is 28.6 Å². The summed E-state index contributed by atoms with van der Waals surface area (Å²) in [4.78, 5) is 60.7. The van der Waals surface area contributed by atoms with Gasteiger partial charge in [0, 0.05) is 99.4 Å². The summed E-state index contributed by atoms with van der Waals surface area (Å²) in [6.45, 7) is 18.5. The summed E-state index contributed by atoms with van der Waals surface area (Å²) in [6, 6.07) is 18.0. The largest absolute Gasteiger partial charge is 0.484 e. The minimum Gasteiger partial charge on any atom is -0.484 e. The number of halogens is 1. The number of nitrogens with two attached hydrogens (primary N) is 1. The predicted molar refractivity (Wildman–Crippen MR) is 301 cm³/mol. The van der Waals surface area contributed by atoms with Gasteiger partial charge in [0.15, 0.2) is 12.6 Å². The average molecular weight is 1040 g/mol. The Morgan fingerprint density at radius 1 is 1.07 bits per heavy atom. The Kier molecular flexibility index (Phi) is 23.5. The van der Waals surface area contributed by atoms with Gasteiger partial charge in [-0.25, -0.2) is 9.29 Å². The molecule has 2 atom stereocenters. The van der Waals surface area contributed by atoms with E-state index in [1.807, 2.05) is 67.4 Å². The number of ether oxygens (including phenoxy) is 1. The van der Waals surface area contributed by atoms with Crippen LogP contribution in [0, 0.1) is 0 Å². The molecule has 17 heteroatoms. The molecule has 6 rings (SSSR count). The van der Waals surface area contributed by atoms with Gasteiger partial charge in [-0.05, 0) is 124 Å². The smallest absolute Gasteiger partial charge is 0.242 e. The van der Waals surface area contributed by atoms with Crippen LogP contribution in [0.3, 0.4) is 0 Å². The molecule has 1 amide bonds. The number of nitrogens with one attached hydrogen (secondary N) is 3. The number of nitrogens with zero attached hydrogens (tertiary/aromatic N) is 4. The van der Waals surface area contributed by atoms with Crippen LogP contribution in [0.5, 0.6) is 0 Å². The topological polar surface area (TPSA) is 206 Å². The van der Waals surface area contributed by atoms with E-state index >= 15 is 0 Å². The number of aldehydes is 3. The maximum atomic E-state index is 13.0. The van der Waals surface area contributed by atoms with Crippen LogP contribution in [-0.2, 0) is 19.1 Å². The molecule has 0 bridgehead atoms. The van der Waals surface area contributed by atoms with E-state index in [1.165, 1.54) is 5.56 Å². The first-order valence-electron chi connectivity index (χ1n) is 24.4. The molecule has 2 unspecified atom stereocenters. The number of likely N-dealkylation sites (N-methyl/N-ethyl adjacent to an activating group) is 2.